The normalized spacial score (nSPS) is 44.8. The molecule has 0 aromatic carbocycles. The highest BCUT2D eigenvalue weighted by Gasteiger charge is 2.38. The minimum atomic E-state index is -0.0932. The van der Waals surface area contributed by atoms with Crippen molar-refractivity contribution in [3.8, 4) is 0 Å². The lowest BCUT2D eigenvalue weighted by Gasteiger charge is -2.46. The molecule has 1 saturated carbocycles. The van der Waals surface area contributed by atoms with Crippen molar-refractivity contribution in [3.05, 3.63) is 0 Å². The minimum Gasteiger partial charge on any atom is -0.391 e. The SMILES string of the molecule is CCC1CCCN(C2C(C)CC(C)CC2O)C1. The molecule has 1 aliphatic heterocycles. The molecule has 5 unspecified atom stereocenters. The molecule has 2 fully saturated rings. The van der Waals surface area contributed by atoms with Crippen LogP contribution in [0.2, 0.25) is 0 Å². The zero-order chi connectivity index (χ0) is 12.4. The van der Waals surface area contributed by atoms with Crippen molar-refractivity contribution in [1.29, 1.82) is 0 Å². The molecule has 17 heavy (non-hydrogen) atoms. The molecular weight excluding hydrogens is 210 g/mol. The van der Waals surface area contributed by atoms with Gasteiger partial charge in [-0.1, -0.05) is 27.2 Å². The van der Waals surface area contributed by atoms with Crippen molar-refractivity contribution in [2.45, 2.75) is 65.0 Å². The van der Waals surface area contributed by atoms with E-state index in [9.17, 15) is 5.11 Å². The largest absolute Gasteiger partial charge is 0.391 e. The van der Waals surface area contributed by atoms with Gasteiger partial charge < -0.3 is 5.11 Å². The third kappa shape index (κ3) is 3.03. The van der Waals surface area contributed by atoms with E-state index in [4.69, 9.17) is 0 Å². The van der Waals surface area contributed by atoms with Gasteiger partial charge in [0.25, 0.3) is 0 Å². The molecule has 0 radical (unpaired) electrons. The molecule has 2 rings (SSSR count). The van der Waals surface area contributed by atoms with Crippen molar-refractivity contribution < 1.29 is 5.11 Å². The van der Waals surface area contributed by atoms with Crippen LogP contribution in [-0.4, -0.2) is 35.2 Å². The first-order valence-corrected chi connectivity index (χ1v) is 7.54. The number of hydrogen-bond donors (Lipinski definition) is 1. The lowest BCUT2D eigenvalue weighted by Crippen LogP contribution is -2.54. The highest BCUT2D eigenvalue weighted by molar-refractivity contribution is 4.91. The summed E-state index contributed by atoms with van der Waals surface area (Å²) >= 11 is 0. The number of aliphatic hydroxyl groups excluding tert-OH is 1. The number of rotatable bonds is 2. The Hall–Kier alpha value is -0.0800. The van der Waals surface area contributed by atoms with E-state index in [-0.39, 0.29) is 6.10 Å². The Morgan fingerprint density at radius 3 is 2.65 bits per heavy atom. The highest BCUT2D eigenvalue weighted by atomic mass is 16.3. The van der Waals surface area contributed by atoms with Crippen LogP contribution >= 0.6 is 0 Å². The van der Waals surface area contributed by atoms with Crippen LogP contribution in [0.1, 0.15) is 52.9 Å². The van der Waals surface area contributed by atoms with Gasteiger partial charge in [0.05, 0.1) is 6.10 Å². The summed E-state index contributed by atoms with van der Waals surface area (Å²) in [5.41, 5.74) is 0. The molecule has 0 aromatic heterocycles. The first-order valence-electron chi connectivity index (χ1n) is 7.54. The smallest absolute Gasteiger partial charge is 0.0700 e. The molecule has 0 amide bonds. The molecule has 2 aliphatic rings. The molecule has 5 atom stereocenters. The standard InChI is InChI=1S/C15H29NO/c1-4-13-6-5-7-16(10-13)15-12(3)8-11(2)9-14(15)17/h11-15,17H,4-10H2,1-3H3. The van der Waals surface area contributed by atoms with Crippen molar-refractivity contribution in [1.82, 2.24) is 4.90 Å². The van der Waals surface area contributed by atoms with E-state index in [1.807, 2.05) is 0 Å². The number of piperidine rings is 1. The van der Waals surface area contributed by atoms with Crippen molar-refractivity contribution in [2.24, 2.45) is 17.8 Å². The van der Waals surface area contributed by atoms with Crippen molar-refractivity contribution >= 4 is 0 Å². The van der Waals surface area contributed by atoms with Crippen LogP contribution in [0.25, 0.3) is 0 Å². The predicted molar refractivity (Wildman–Crippen MR) is 71.9 cm³/mol. The van der Waals surface area contributed by atoms with Crippen LogP contribution in [0, 0.1) is 17.8 Å². The summed E-state index contributed by atoms with van der Waals surface area (Å²) in [6.07, 6.45) is 6.20. The van der Waals surface area contributed by atoms with Crippen molar-refractivity contribution in [3.63, 3.8) is 0 Å². The quantitative estimate of drug-likeness (QED) is 0.801. The number of nitrogens with zero attached hydrogens (tertiary/aromatic N) is 1. The van der Waals surface area contributed by atoms with E-state index in [2.05, 4.69) is 25.7 Å². The molecule has 0 aromatic rings. The van der Waals surface area contributed by atoms with Gasteiger partial charge in [-0.15, -0.1) is 0 Å². The topological polar surface area (TPSA) is 23.5 Å². The van der Waals surface area contributed by atoms with Gasteiger partial charge in [0, 0.05) is 12.6 Å². The lowest BCUT2D eigenvalue weighted by molar-refractivity contribution is -0.0395. The number of aliphatic hydroxyl groups is 1. The fourth-order valence-electron chi connectivity index (χ4n) is 4.11. The Balaban J connectivity index is 1.99. The molecule has 2 nitrogen and oxygen atoms in total. The summed E-state index contributed by atoms with van der Waals surface area (Å²) in [5.74, 6) is 2.22. The number of likely N-dealkylation sites (tertiary alicyclic amines) is 1. The maximum atomic E-state index is 10.4. The third-order valence-electron chi connectivity index (χ3n) is 4.94. The van der Waals surface area contributed by atoms with E-state index in [0.29, 0.717) is 17.9 Å². The van der Waals surface area contributed by atoms with Crippen molar-refractivity contribution in [2.75, 3.05) is 13.1 Å². The van der Waals surface area contributed by atoms with Gasteiger partial charge in [-0.2, -0.15) is 0 Å². The molecule has 1 saturated heterocycles. The Labute approximate surface area is 106 Å². The second kappa shape index (κ2) is 5.71. The zero-order valence-electron chi connectivity index (χ0n) is 11.7. The maximum Gasteiger partial charge on any atom is 0.0700 e. The van der Waals surface area contributed by atoms with Gasteiger partial charge in [0.15, 0.2) is 0 Å². The number of hydrogen-bond acceptors (Lipinski definition) is 2. The Bertz CT molecular complexity index is 231. The lowest BCUT2D eigenvalue weighted by atomic mass is 9.76. The van der Waals surface area contributed by atoms with Gasteiger partial charge >= 0.3 is 0 Å². The fraction of sp³-hybridized carbons (Fsp3) is 1.00. The zero-order valence-corrected chi connectivity index (χ0v) is 11.7. The van der Waals surface area contributed by atoms with E-state index in [1.165, 1.54) is 38.8 Å². The molecule has 1 aliphatic carbocycles. The van der Waals surface area contributed by atoms with E-state index >= 15 is 0 Å². The van der Waals surface area contributed by atoms with Crippen LogP contribution in [0.15, 0.2) is 0 Å². The molecule has 2 heteroatoms. The maximum absolute atomic E-state index is 10.4. The molecule has 1 heterocycles. The van der Waals surface area contributed by atoms with E-state index in [0.717, 1.165) is 12.3 Å². The summed E-state index contributed by atoms with van der Waals surface area (Å²) < 4.78 is 0. The van der Waals surface area contributed by atoms with E-state index in [1.54, 1.807) is 0 Å². The predicted octanol–water partition coefficient (Wildman–Crippen LogP) is 2.90. The second-order valence-electron chi connectivity index (χ2n) is 6.52. The average molecular weight is 239 g/mol. The first kappa shape index (κ1) is 13.4. The molecular formula is C15H29NO. The van der Waals surface area contributed by atoms with Gasteiger partial charge in [0.2, 0.25) is 0 Å². The van der Waals surface area contributed by atoms with Gasteiger partial charge in [-0.25, -0.2) is 0 Å². The Morgan fingerprint density at radius 1 is 1.24 bits per heavy atom. The summed E-state index contributed by atoms with van der Waals surface area (Å²) in [5, 5.41) is 10.4. The van der Waals surface area contributed by atoms with Gasteiger partial charge in [-0.3, -0.25) is 4.90 Å². The van der Waals surface area contributed by atoms with Gasteiger partial charge in [-0.05, 0) is 50.0 Å². The summed E-state index contributed by atoms with van der Waals surface area (Å²) in [4.78, 5) is 2.60. The highest BCUT2D eigenvalue weighted by Crippen LogP contribution is 2.34. The summed E-state index contributed by atoms with van der Waals surface area (Å²) in [7, 11) is 0. The van der Waals surface area contributed by atoms with Crippen LogP contribution in [0.4, 0.5) is 0 Å². The third-order valence-corrected chi connectivity index (χ3v) is 4.94. The first-order chi connectivity index (χ1) is 8.11. The average Bonchev–Trinajstić information content (AvgIpc) is 2.28. The molecule has 100 valence electrons. The van der Waals surface area contributed by atoms with Gasteiger partial charge in [0.1, 0.15) is 0 Å². The van der Waals surface area contributed by atoms with Crippen LogP contribution in [-0.2, 0) is 0 Å². The molecule has 0 spiro atoms. The Morgan fingerprint density at radius 2 is 2.00 bits per heavy atom. The van der Waals surface area contributed by atoms with Crippen LogP contribution in [0.5, 0.6) is 0 Å². The minimum absolute atomic E-state index is 0.0932. The second-order valence-corrected chi connectivity index (χ2v) is 6.52. The summed E-state index contributed by atoms with van der Waals surface area (Å²) in [6, 6.07) is 0.431. The Kier molecular flexibility index (Phi) is 4.48. The molecule has 0 bridgehead atoms. The van der Waals surface area contributed by atoms with E-state index < -0.39 is 0 Å². The molecule has 1 N–H and O–H groups in total. The summed E-state index contributed by atoms with van der Waals surface area (Å²) in [6.45, 7) is 9.34. The fourth-order valence-corrected chi connectivity index (χ4v) is 4.11. The van der Waals surface area contributed by atoms with Crippen LogP contribution in [0.3, 0.4) is 0 Å². The monoisotopic (exact) mass is 239 g/mol. The van der Waals surface area contributed by atoms with Crippen LogP contribution < -0.4 is 0 Å².